The van der Waals surface area contributed by atoms with Crippen LogP contribution in [0.25, 0.3) is 0 Å². The molecule has 1 aliphatic carbocycles. The normalized spacial score (nSPS) is 15.5. The number of nitrogens with one attached hydrogen (secondary N) is 2. The third-order valence-corrected chi connectivity index (χ3v) is 4.46. The molecule has 2 N–H and O–H groups in total. The topological polar surface area (TPSA) is 41.1 Å². The van der Waals surface area contributed by atoms with Gasteiger partial charge in [-0.2, -0.15) is 0 Å². The molecular weight excluding hydrogens is 303 g/mol. The van der Waals surface area contributed by atoms with Crippen LogP contribution in [-0.2, 0) is 0 Å². The Balaban J connectivity index is 1.58. The quantitative estimate of drug-likeness (QED) is 0.757. The van der Waals surface area contributed by atoms with Crippen molar-refractivity contribution in [1.82, 2.24) is 0 Å². The summed E-state index contributed by atoms with van der Waals surface area (Å²) >= 11 is 0. The molecular formula is C20H23FN2O. The maximum Gasteiger partial charge on any atom is 0.255 e. The van der Waals surface area contributed by atoms with Crippen molar-refractivity contribution in [2.75, 3.05) is 10.6 Å². The van der Waals surface area contributed by atoms with E-state index in [9.17, 15) is 9.18 Å². The Morgan fingerprint density at radius 3 is 2.25 bits per heavy atom. The highest BCUT2D eigenvalue weighted by Gasteiger charge is 2.12. The number of hydrogen-bond donors (Lipinski definition) is 2. The van der Waals surface area contributed by atoms with Gasteiger partial charge in [0.15, 0.2) is 0 Å². The first-order valence-electron chi connectivity index (χ1n) is 8.64. The van der Waals surface area contributed by atoms with E-state index >= 15 is 0 Å². The van der Waals surface area contributed by atoms with E-state index in [-0.39, 0.29) is 5.91 Å². The third-order valence-electron chi connectivity index (χ3n) is 4.46. The van der Waals surface area contributed by atoms with Gasteiger partial charge in [-0.3, -0.25) is 4.79 Å². The molecule has 0 aromatic heterocycles. The first-order valence-corrected chi connectivity index (χ1v) is 8.64. The smallest absolute Gasteiger partial charge is 0.255 e. The van der Waals surface area contributed by atoms with Gasteiger partial charge in [-0.15, -0.1) is 0 Å². The van der Waals surface area contributed by atoms with Gasteiger partial charge in [0.05, 0.1) is 0 Å². The zero-order valence-electron chi connectivity index (χ0n) is 13.7. The van der Waals surface area contributed by atoms with Gasteiger partial charge in [0.1, 0.15) is 5.82 Å². The van der Waals surface area contributed by atoms with Crippen LogP contribution in [0.3, 0.4) is 0 Å². The summed E-state index contributed by atoms with van der Waals surface area (Å²) in [6.07, 6.45) is 7.70. The maximum atomic E-state index is 13.2. The number of carbonyl (C=O) groups excluding carboxylic acids is 1. The molecule has 1 fully saturated rings. The Morgan fingerprint density at radius 1 is 0.917 bits per heavy atom. The van der Waals surface area contributed by atoms with Crippen molar-refractivity contribution in [3.63, 3.8) is 0 Å². The minimum atomic E-state index is -0.411. The molecule has 24 heavy (non-hydrogen) atoms. The first kappa shape index (κ1) is 16.5. The highest BCUT2D eigenvalue weighted by molar-refractivity contribution is 6.04. The zero-order chi connectivity index (χ0) is 16.8. The molecule has 0 saturated heterocycles. The lowest BCUT2D eigenvalue weighted by Gasteiger charge is -2.18. The van der Waals surface area contributed by atoms with Crippen molar-refractivity contribution in [3.05, 3.63) is 59.9 Å². The Hall–Kier alpha value is -2.36. The van der Waals surface area contributed by atoms with E-state index in [0.717, 1.165) is 5.69 Å². The van der Waals surface area contributed by atoms with Gasteiger partial charge in [-0.1, -0.05) is 31.7 Å². The molecule has 4 heteroatoms. The van der Waals surface area contributed by atoms with Crippen molar-refractivity contribution in [2.24, 2.45) is 0 Å². The Bertz CT molecular complexity index is 676. The Kier molecular flexibility index (Phi) is 5.47. The van der Waals surface area contributed by atoms with Crippen molar-refractivity contribution in [1.29, 1.82) is 0 Å². The van der Waals surface area contributed by atoms with Crippen molar-refractivity contribution in [2.45, 2.75) is 44.6 Å². The van der Waals surface area contributed by atoms with Gasteiger partial charge in [-0.05, 0) is 55.3 Å². The molecule has 1 aliphatic rings. The van der Waals surface area contributed by atoms with Crippen molar-refractivity contribution < 1.29 is 9.18 Å². The molecule has 1 amide bonds. The molecule has 3 nitrogen and oxygen atoms in total. The summed E-state index contributed by atoms with van der Waals surface area (Å²) in [6.45, 7) is 0. The van der Waals surface area contributed by atoms with E-state index in [4.69, 9.17) is 0 Å². The summed E-state index contributed by atoms with van der Waals surface area (Å²) in [5.41, 5.74) is 2.09. The molecule has 0 atom stereocenters. The number of anilines is 2. The van der Waals surface area contributed by atoms with E-state index in [1.54, 1.807) is 6.07 Å². The number of halogens is 1. The molecule has 0 heterocycles. The van der Waals surface area contributed by atoms with Gasteiger partial charge in [0.25, 0.3) is 5.91 Å². The molecule has 0 radical (unpaired) electrons. The number of amides is 1. The monoisotopic (exact) mass is 326 g/mol. The average molecular weight is 326 g/mol. The summed E-state index contributed by atoms with van der Waals surface area (Å²) in [7, 11) is 0. The molecule has 0 aliphatic heterocycles. The molecule has 2 aromatic rings. The summed E-state index contributed by atoms with van der Waals surface area (Å²) < 4.78 is 13.2. The van der Waals surface area contributed by atoms with Crippen LogP contribution in [0.5, 0.6) is 0 Å². The average Bonchev–Trinajstić information content (AvgIpc) is 2.85. The van der Waals surface area contributed by atoms with Gasteiger partial charge in [0.2, 0.25) is 0 Å². The molecule has 3 rings (SSSR count). The van der Waals surface area contributed by atoms with Crippen LogP contribution >= 0.6 is 0 Å². The highest BCUT2D eigenvalue weighted by Crippen LogP contribution is 2.22. The van der Waals surface area contributed by atoms with E-state index in [1.807, 2.05) is 24.3 Å². The minimum Gasteiger partial charge on any atom is -0.382 e. The van der Waals surface area contributed by atoms with Crippen LogP contribution in [0.2, 0.25) is 0 Å². The second-order valence-electron chi connectivity index (χ2n) is 6.37. The first-order chi connectivity index (χ1) is 11.7. The fourth-order valence-corrected chi connectivity index (χ4v) is 3.14. The predicted molar refractivity (Wildman–Crippen MR) is 95.9 cm³/mol. The Morgan fingerprint density at radius 2 is 1.58 bits per heavy atom. The van der Waals surface area contributed by atoms with Gasteiger partial charge in [0, 0.05) is 23.0 Å². The van der Waals surface area contributed by atoms with E-state index in [2.05, 4.69) is 10.6 Å². The van der Waals surface area contributed by atoms with E-state index in [1.165, 1.54) is 56.7 Å². The molecule has 0 unspecified atom stereocenters. The van der Waals surface area contributed by atoms with Crippen LogP contribution in [0, 0.1) is 5.82 Å². The second-order valence-corrected chi connectivity index (χ2v) is 6.37. The minimum absolute atomic E-state index is 0.307. The largest absolute Gasteiger partial charge is 0.382 e. The fraction of sp³-hybridized carbons (Fsp3) is 0.350. The van der Waals surface area contributed by atoms with Crippen LogP contribution < -0.4 is 10.6 Å². The summed E-state index contributed by atoms with van der Waals surface area (Å²) in [5, 5.41) is 6.37. The fourth-order valence-electron chi connectivity index (χ4n) is 3.14. The predicted octanol–water partition coefficient (Wildman–Crippen LogP) is 5.21. The van der Waals surface area contributed by atoms with Crippen molar-refractivity contribution in [3.8, 4) is 0 Å². The molecule has 0 spiro atoms. The van der Waals surface area contributed by atoms with Gasteiger partial charge in [-0.25, -0.2) is 4.39 Å². The van der Waals surface area contributed by atoms with E-state index < -0.39 is 5.82 Å². The summed E-state index contributed by atoms with van der Waals surface area (Å²) in [4.78, 5) is 12.1. The summed E-state index contributed by atoms with van der Waals surface area (Å²) in [5.74, 6) is -0.718. The molecule has 0 bridgehead atoms. The van der Waals surface area contributed by atoms with Crippen LogP contribution in [0.4, 0.5) is 15.8 Å². The Labute approximate surface area is 142 Å². The lowest BCUT2D eigenvalue weighted by atomic mass is 10.1. The summed E-state index contributed by atoms with van der Waals surface area (Å²) in [6, 6.07) is 13.9. The molecule has 126 valence electrons. The van der Waals surface area contributed by atoms with E-state index in [0.29, 0.717) is 17.3 Å². The van der Waals surface area contributed by atoms with Gasteiger partial charge >= 0.3 is 0 Å². The zero-order valence-corrected chi connectivity index (χ0v) is 13.7. The molecule has 2 aromatic carbocycles. The highest BCUT2D eigenvalue weighted by atomic mass is 19.1. The number of carbonyl (C=O) groups is 1. The van der Waals surface area contributed by atoms with Crippen LogP contribution in [-0.4, -0.2) is 11.9 Å². The number of hydrogen-bond acceptors (Lipinski definition) is 2. The third kappa shape index (κ3) is 4.57. The second kappa shape index (κ2) is 7.95. The SMILES string of the molecule is O=C(Nc1ccc(NC2CCCCCC2)cc1)c1cccc(F)c1. The number of benzene rings is 2. The van der Waals surface area contributed by atoms with Gasteiger partial charge < -0.3 is 10.6 Å². The van der Waals surface area contributed by atoms with Crippen molar-refractivity contribution >= 4 is 17.3 Å². The standard InChI is InChI=1S/C20H23FN2O/c21-16-7-5-6-15(14-16)20(24)23-19-12-10-18(11-13-19)22-17-8-3-1-2-4-9-17/h5-7,10-14,17,22H,1-4,8-9H2,(H,23,24). The van der Waals surface area contributed by atoms with Crippen LogP contribution in [0.15, 0.2) is 48.5 Å². The molecule has 1 saturated carbocycles. The number of rotatable bonds is 4. The lowest BCUT2D eigenvalue weighted by molar-refractivity contribution is 0.102. The maximum absolute atomic E-state index is 13.2. The lowest BCUT2D eigenvalue weighted by Crippen LogP contribution is -2.18. The van der Waals surface area contributed by atoms with Crippen LogP contribution in [0.1, 0.15) is 48.9 Å².